The van der Waals surface area contributed by atoms with Gasteiger partial charge in [0.25, 0.3) is 0 Å². The Morgan fingerprint density at radius 1 is 0.341 bits per heavy atom. The SMILES string of the molecule is c1ccc(-c2ccc3c(c2)c2ccccc2n3-c2ccccc2-c2cccc(N(c3ccccc3)c3ccccc3)c2)cc1. The second-order valence-electron chi connectivity index (χ2n) is 11.0. The lowest BCUT2D eigenvalue weighted by Crippen LogP contribution is -2.09. The zero-order valence-corrected chi connectivity index (χ0v) is 24.2. The predicted octanol–water partition coefficient (Wildman–Crippen LogP) is 11.6. The zero-order valence-electron chi connectivity index (χ0n) is 24.2. The number of aromatic nitrogens is 1. The van der Waals surface area contributed by atoms with Crippen molar-refractivity contribution in [1.82, 2.24) is 4.57 Å². The number of rotatable bonds is 6. The minimum Gasteiger partial charge on any atom is -0.310 e. The standard InChI is InChI=1S/C42H30N2/c1-4-15-31(16-5-1)32-27-28-42-39(30-32)38-24-11-13-26-41(38)44(42)40-25-12-10-23-37(40)33-17-14-22-36(29-33)43(34-18-6-2-7-19-34)35-20-8-3-9-21-35/h1-30H. The van der Waals surface area contributed by atoms with Crippen LogP contribution in [-0.4, -0.2) is 4.57 Å². The van der Waals surface area contributed by atoms with Crippen molar-refractivity contribution in [3.63, 3.8) is 0 Å². The summed E-state index contributed by atoms with van der Waals surface area (Å²) in [6.07, 6.45) is 0. The minimum absolute atomic E-state index is 1.12. The van der Waals surface area contributed by atoms with E-state index < -0.39 is 0 Å². The molecule has 0 N–H and O–H groups in total. The fraction of sp³-hybridized carbons (Fsp3) is 0. The van der Waals surface area contributed by atoms with Crippen molar-refractivity contribution < 1.29 is 0 Å². The van der Waals surface area contributed by atoms with Gasteiger partial charge in [0, 0.05) is 33.4 Å². The molecule has 7 aromatic carbocycles. The van der Waals surface area contributed by atoms with Gasteiger partial charge in [0.15, 0.2) is 0 Å². The molecule has 0 unspecified atom stereocenters. The van der Waals surface area contributed by atoms with Crippen LogP contribution < -0.4 is 4.90 Å². The van der Waals surface area contributed by atoms with Gasteiger partial charge in [0.1, 0.15) is 0 Å². The van der Waals surface area contributed by atoms with E-state index in [-0.39, 0.29) is 0 Å². The third kappa shape index (κ3) is 4.54. The molecule has 2 nitrogen and oxygen atoms in total. The maximum atomic E-state index is 2.42. The highest BCUT2D eigenvalue weighted by Crippen LogP contribution is 2.40. The summed E-state index contributed by atoms with van der Waals surface area (Å²) in [5.74, 6) is 0. The maximum absolute atomic E-state index is 2.42. The number of hydrogen-bond acceptors (Lipinski definition) is 1. The quantitative estimate of drug-likeness (QED) is 0.196. The third-order valence-electron chi connectivity index (χ3n) is 8.37. The molecule has 0 saturated carbocycles. The first-order valence-electron chi connectivity index (χ1n) is 15.0. The summed E-state index contributed by atoms with van der Waals surface area (Å²) in [5, 5.41) is 2.51. The van der Waals surface area contributed by atoms with Crippen LogP contribution in [0.5, 0.6) is 0 Å². The lowest BCUT2D eigenvalue weighted by atomic mass is 10.0. The Hall–Kier alpha value is -5.86. The Morgan fingerprint density at radius 3 is 1.66 bits per heavy atom. The average Bonchev–Trinajstić information content (AvgIpc) is 3.43. The van der Waals surface area contributed by atoms with E-state index in [1.54, 1.807) is 0 Å². The molecule has 8 rings (SSSR count). The van der Waals surface area contributed by atoms with E-state index in [4.69, 9.17) is 0 Å². The van der Waals surface area contributed by atoms with Gasteiger partial charge in [-0.05, 0) is 77.4 Å². The van der Waals surface area contributed by atoms with Gasteiger partial charge in [-0.25, -0.2) is 0 Å². The zero-order chi connectivity index (χ0) is 29.3. The van der Waals surface area contributed by atoms with Crippen LogP contribution in [0.15, 0.2) is 182 Å². The van der Waals surface area contributed by atoms with E-state index in [9.17, 15) is 0 Å². The Balaban J connectivity index is 1.31. The molecule has 0 fully saturated rings. The molecule has 1 heterocycles. The molecule has 0 radical (unpaired) electrons. The van der Waals surface area contributed by atoms with Crippen molar-refractivity contribution in [3.8, 4) is 27.9 Å². The lowest BCUT2D eigenvalue weighted by Gasteiger charge is -2.26. The van der Waals surface area contributed by atoms with Crippen LogP contribution in [0.25, 0.3) is 49.7 Å². The molecule has 0 amide bonds. The van der Waals surface area contributed by atoms with Crippen LogP contribution in [-0.2, 0) is 0 Å². The number of hydrogen-bond donors (Lipinski definition) is 0. The van der Waals surface area contributed by atoms with Gasteiger partial charge in [-0.3, -0.25) is 0 Å². The molecular formula is C42H30N2. The first kappa shape index (κ1) is 25.8. The van der Waals surface area contributed by atoms with Gasteiger partial charge in [0.05, 0.1) is 16.7 Å². The first-order chi connectivity index (χ1) is 21.8. The van der Waals surface area contributed by atoms with Crippen LogP contribution in [0.4, 0.5) is 17.1 Å². The van der Waals surface area contributed by atoms with E-state index in [1.165, 1.54) is 44.1 Å². The second-order valence-corrected chi connectivity index (χ2v) is 11.0. The molecule has 0 aliphatic heterocycles. The summed E-state index contributed by atoms with van der Waals surface area (Å²) in [7, 11) is 0. The van der Waals surface area contributed by atoms with E-state index >= 15 is 0 Å². The summed E-state index contributed by atoms with van der Waals surface area (Å²) < 4.78 is 2.42. The summed E-state index contributed by atoms with van der Waals surface area (Å²) >= 11 is 0. The summed E-state index contributed by atoms with van der Waals surface area (Å²) in [5.41, 5.74) is 11.7. The van der Waals surface area contributed by atoms with Crippen molar-refractivity contribution in [3.05, 3.63) is 182 Å². The molecule has 44 heavy (non-hydrogen) atoms. The Kier molecular flexibility index (Phi) is 6.51. The van der Waals surface area contributed by atoms with E-state index in [2.05, 4.69) is 191 Å². The molecule has 8 aromatic rings. The topological polar surface area (TPSA) is 8.17 Å². The van der Waals surface area contributed by atoms with Crippen LogP contribution >= 0.6 is 0 Å². The van der Waals surface area contributed by atoms with Crippen molar-refractivity contribution in [2.45, 2.75) is 0 Å². The molecule has 0 bridgehead atoms. The molecule has 0 atom stereocenters. The number of fused-ring (bicyclic) bond motifs is 3. The fourth-order valence-electron chi connectivity index (χ4n) is 6.37. The van der Waals surface area contributed by atoms with Crippen LogP contribution in [0, 0.1) is 0 Å². The Bertz CT molecular complexity index is 2170. The molecule has 1 aromatic heterocycles. The minimum atomic E-state index is 1.12. The fourth-order valence-corrected chi connectivity index (χ4v) is 6.37. The molecule has 0 aliphatic rings. The lowest BCUT2D eigenvalue weighted by molar-refractivity contribution is 1.18. The molecular weight excluding hydrogens is 532 g/mol. The van der Waals surface area contributed by atoms with Gasteiger partial charge in [0.2, 0.25) is 0 Å². The second kappa shape index (κ2) is 11.1. The first-order valence-corrected chi connectivity index (χ1v) is 15.0. The average molecular weight is 563 g/mol. The molecule has 0 aliphatic carbocycles. The van der Waals surface area contributed by atoms with Crippen LogP contribution in [0.1, 0.15) is 0 Å². The predicted molar refractivity (Wildman–Crippen MR) is 186 cm³/mol. The van der Waals surface area contributed by atoms with Crippen molar-refractivity contribution in [2.24, 2.45) is 0 Å². The maximum Gasteiger partial charge on any atom is 0.0541 e. The smallest absolute Gasteiger partial charge is 0.0541 e. The van der Waals surface area contributed by atoms with Gasteiger partial charge in [-0.2, -0.15) is 0 Å². The van der Waals surface area contributed by atoms with E-state index in [1.807, 2.05) is 0 Å². The van der Waals surface area contributed by atoms with Crippen molar-refractivity contribution in [2.75, 3.05) is 4.90 Å². The molecule has 0 saturated heterocycles. The summed E-state index contributed by atoms with van der Waals surface area (Å²) in [6.45, 7) is 0. The Morgan fingerprint density at radius 2 is 0.909 bits per heavy atom. The van der Waals surface area contributed by atoms with Crippen LogP contribution in [0.2, 0.25) is 0 Å². The van der Waals surface area contributed by atoms with Gasteiger partial charge < -0.3 is 9.47 Å². The van der Waals surface area contributed by atoms with Gasteiger partial charge in [-0.1, -0.05) is 121 Å². The molecule has 208 valence electrons. The largest absolute Gasteiger partial charge is 0.310 e. The van der Waals surface area contributed by atoms with Gasteiger partial charge in [-0.15, -0.1) is 0 Å². The van der Waals surface area contributed by atoms with E-state index in [0.717, 1.165) is 22.7 Å². The van der Waals surface area contributed by atoms with Crippen LogP contribution in [0.3, 0.4) is 0 Å². The van der Waals surface area contributed by atoms with Crippen molar-refractivity contribution >= 4 is 38.9 Å². The normalized spacial score (nSPS) is 11.2. The monoisotopic (exact) mass is 562 g/mol. The van der Waals surface area contributed by atoms with E-state index in [0.29, 0.717) is 0 Å². The molecule has 2 heteroatoms. The summed E-state index contributed by atoms with van der Waals surface area (Å²) in [4.78, 5) is 2.32. The van der Waals surface area contributed by atoms with Crippen molar-refractivity contribution in [1.29, 1.82) is 0 Å². The number of para-hydroxylation sites is 4. The molecule has 0 spiro atoms. The highest BCUT2D eigenvalue weighted by molar-refractivity contribution is 6.11. The van der Waals surface area contributed by atoms with Gasteiger partial charge >= 0.3 is 0 Å². The third-order valence-corrected chi connectivity index (χ3v) is 8.37. The Labute approximate surface area is 257 Å². The highest BCUT2D eigenvalue weighted by Gasteiger charge is 2.18. The summed E-state index contributed by atoms with van der Waals surface area (Å²) in [6, 6.07) is 65.0. The number of nitrogens with zero attached hydrogens (tertiary/aromatic N) is 2. The highest BCUT2D eigenvalue weighted by atomic mass is 15.1. The number of anilines is 3. The number of benzene rings is 7.